The highest BCUT2D eigenvalue weighted by Crippen LogP contribution is 2.20. The number of esters is 1. The Labute approximate surface area is 198 Å². The van der Waals surface area contributed by atoms with Gasteiger partial charge in [0.15, 0.2) is 16.4 Å². The van der Waals surface area contributed by atoms with Crippen LogP contribution in [0, 0.1) is 10.1 Å². The Hall–Kier alpha value is -3.47. The molecule has 10 nitrogen and oxygen atoms in total. The summed E-state index contributed by atoms with van der Waals surface area (Å²) >= 11 is 0. The van der Waals surface area contributed by atoms with E-state index < -0.39 is 26.5 Å². The molecule has 2 rings (SSSR count). The normalized spacial score (nSPS) is 11.1. The van der Waals surface area contributed by atoms with E-state index in [1.54, 1.807) is 6.07 Å². The number of hydrogen-bond donors (Lipinski definition) is 1. The predicted molar refractivity (Wildman–Crippen MR) is 124 cm³/mol. The zero-order chi connectivity index (χ0) is 25.1. The van der Waals surface area contributed by atoms with E-state index in [0.29, 0.717) is 18.1 Å². The number of nitrogens with one attached hydrogen (secondary N) is 1. The second kappa shape index (κ2) is 12.7. The monoisotopic (exact) mass is 492 g/mol. The van der Waals surface area contributed by atoms with Gasteiger partial charge in [0.1, 0.15) is 12.4 Å². The molecule has 11 heteroatoms. The molecule has 184 valence electrons. The molecule has 0 aliphatic rings. The van der Waals surface area contributed by atoms with Crippen LogP contribution in [0.5, 0.6) is 5.75 Å². The topological polar surface area (TPSA) is 142 Å². The highest BCUT2D eigenvalue weighted by atomic mass is 32.2. The molecule has 0 aromatic heterocycles. The molecular weight excluding hydrogens is 464 g/mol. The van der Waals surface area contributed by atoms with Crippen molar-refractivity contribution < 1.29 is 32.4 Å². The molecular formula is C23H28N2O8S. The molecule has 2 aromatic rings. The number of hydrogen-bond acceptors (Lipinski definition) is 8. The van der Waals surface area contributed by atoms with Gasteiger partial charge >= 0.3 is 5.97 Å². The summed E-state index contributed by atoms with van der Waals surface area (Å²) in [6.45, 7) is 3.83. The van der Waals surface area contributed by atoms with Gasteiger partial charge in [-0.25, -0.2) is 8.42 Å². The first-order valence-electron chi connectivity index (χ1n) is 10.7. The van der Waals surface area contributed by atoms with E-state index in [1.165, 1.54) is 18.2 Å². The molecule has 0 fully saturated rings. The number of non-ortho nitro benzene ring substituents is 1. The maximum Gasteiger partial charge on any atom is 0.305 e. The lowest BCUT2D eigenvalue weighted by Crippen LogP contribution is -2.30. The highest BCUT2D eigenvalue weighted by molar-refractivity contribution is 7.91. The average Bonchev–Trinajstić information content (AvgIpc) is 2.80. The first-order chi connectivity index (χ1) is 16.1. The Morgan fingerprint density at radius 3 is 2.56 bits per heavy atom. The SMILES string of the molecule is CC(C)c1cccc(OCC(=O)NCCCC(=O)OCCS(=O)(=O)c2cccc([N+](=O)[O-])c2)c1. The molecule has 0 radical (unpaired) electrons. The lowest BCUT2D eigenvalue weighted by molar-refractivity contribution is -0.385. The smallest absolute Gasteiger partial charge is 0.305 e. The average molecular weight is 493 g/mol. The van der Waals surface area contributed by atoms with Crippen LogP contribution >= 0.6 is 0 Å². The third-order valence-electron chi connectivity index (χ3n) is 4.78. The van der Waals surface area contributed by atoms with Crippen molar-refractivity contribution in [3.8, 4) is 5.75 Å². The third kappa shape index (κ3) is 8.81. The van der Waals surface area contributed by atoms with Crippen LogP contribution in [-0.2, 0) is 24.2 Å². The van der Waals surface area contributed by atoms with Crippen molar-refractivity contribution in [2.24, 2.45) is 0 Å². The summed E-state index contributed by atoms with van der Waals surface area (Å²) < 4.78 is 34.9. The minimum absolute atomic E-state index is 0.00553. The van der Waals surface area contributed by atoms with E-state index in [1.807, 2.05) is 18.2 Å². The molecule has 0 heterocycles. The fourth-order valence-corrected chi connectivity index (χ4v) is 3.99. The number of carbonyl (C=O) groups is 2. The molecule has 2 aromatic carbocycles. The zero-order valence-electron chi connectivity index (χ0n) is 19.1. The van der Waals surface area contributed by atoms with Crippen LogP contribution in [0.2, 0.25) is 0 Å². The number of benzene rings is 2. The first-order valence-corrected chi connectivity index (χ1v) is 12.4. The van der Waals surface area contributed by atoms with Crippen LogP contribution in [0.4, 0.5) is 5.69 Å². The van der Waals surface area contributed by atoms with Crippen LogP contribution in [-0.4, -0.2) is 50.7 Å². The Balaban J connectivity index is 1.64. The van der Waals surface area contributed by atoms with Gasteiger partial charge < -0.3 is 14.8 Å². The number of rotatable bonds is 13. The van der Waals surface area contributed by atoms with Crippen LogP contribution in [0.3, 0.4) is 0 Å². The van der Waals surface area contributed by atoms with Crippen LogP contribution in [0.25, 0.3) is 0 Å². The van der Waals surface area contributed by atoms with E-state index >= 15 is 0 Å². The van der Waals surface area contributed by atoms with Gasteiger partial charge in [0.25, 0.3) is 11.6 Å². The van der Waals surface area contributed by atoms with Gasteiger partial charge in [0.05, 0.1) is 15.6 Å². The standard InChI is InChI=1S/C23H28N2O8S/c1-17(2)18-6-3-8-20(14-18)33-16-22(26)24-11-5-10-23(27)32-12-13-34(30,31)21-9-4-7-19(15-21)25(28)29/h3-4,6-9,14-15,17H,5,10-13,16H2,1-2H3,(H,24,26). The van der Waals surface area contributed by atoms with E-state index in [9.17, 15) is 28.1 Å². The summed E-state index contributed by atoms with van der Waals surface area (Å²) in [5.74, 6) is -0.481. The van der Waals surface area contributed by atoms with Gasteiger partial charge in [-0.05, 0) is 36.1 Å². The summed E-state index contributed by atoms with van der Waals surface area (Å²) in [5.41, 5.74) is 0.767. The number of nitrogens with zero attached hydrogens (tertiary/aromatic N) is 1. The molecule has 1 amide bonds. The molecule has 0 saturated carbocycles. The third-order valence-corrected chi connectivity index (χ3v) is 6.45. The zero-order valence-corrected chi connectivity index (χ0v) is 19.9. The molecule has 0 atom stereocenters. The number of nitro groups is 1. The number of sulfone groups is 1. The summed E-state index contributed by atoms with van der Waals surface area (Å²) in [6, 6.07) is 12.2. The van der Waals surface area contributed by atoms with E-state index in [4.69, 9.17) is 9.47 Å². The Morgan fingerprint density at radius 2 is 1.85 bits per heavy atom. The minimum atomic E-state index is -3.84. The van der Waals surface area contributed by atoms with E-state index in [2.05, 4.69) is 19.2 Å². The largest absolute Gasteiger partial charge is 0.484 e. The van der Waals surface area contributed by atoms with Crippen molar-refractivity contribution in [1.29, 1.82) is 0 Å². The van der Waals surface area contributed by atoms with Gasteiger partial charge in [-0.1, -0.05) is 32.0 Å². The molecule has 34 heavy (non-hydrogen) atoms. The fraction of sp³-hybridized carbons (Fsp3) is 0.391. The van der Waals surface area contributed by atoms with Gasteiger partial charge in [-0.3, -0.25) is 19.7 Å². The Bertz CT molecular complexity index is 1120. The number of carbonyl (C=O) groups excluding carboxylic acids is 2. The molecule has 0 unspecified atom stereocenters. The van der Waals surface area contributed by atoms with Gasteiger partial charge in [0.2, 0.25) is 0 Å². The fourth-order valence-electron chi connectivity index (χ4n) is 2.87. The van der Waals surface area contributed by atoms with Crippen molar-refractivity contribution in [3.05, 3.63) is 64.2 Å². The Kier molecular flexibility index (Phi) is 9.99. The lowest BCUT2D eigenvalue weighted by atomic mass is 10.0. The summed E-state index contributed by atoms with van der Waals surface area (Å²) in [7, 11) is -3.84. The highest BCUT2D eigenvalue weighted by Gasteiger charge is 2.18. The van der Waals surface area contributed by atoms with Crippen molar-refractivity contribution in [2.45, 2.75) is 37.5 Å². The summed E-state index contributed by atoms with van der Waals surface area (Å²) in [5, 5.41) is 13.4. The lowest BCUT2D eigenvalue weighted by Gasteiger charge is -2.10. The maximum absolute atomic E-state index is 12.3. The van der Waals surface area contributed by atoms with Crippen molar-refractivity contribution in [1.82, 2.24) is 5.32 Å². The Morgan fingerprint density at radius 1 is 1.12 bits per heavy atom. The van der Waals surface area contributed by atoms with E-state index in [-0.39, 0.29) is 42.7 Å². The van der Waals surface area contributed by atoms with Gasteiger partial charge in [0, 0.05) is 25.1 Å². The van der Waals surface area contributed by atoms with Crippen LogP contribution in [0.1, 0.15) is 38.2 Å². The van der Waals surface area contributed by atoms with E-state index in [0.717, 1.165) is 11.6 Å². The maximum atomic E-state index is 12.3. The predicted octanol–water partition coefficient (Wildman–Crippen LogP) is 3.01. The van der Waals surface area contributed by atoms with Crippen LogP contribution in [0.15, 0.2) is 53.4 Å². The van der Waals surface area contributed by atoms with Gasteiger partial charge in [-0.15, -0.1) is 0 Å². The van der Waals surface area contributed by atoms with Crippen molar-refractivity contribution >= 4 is 27.4 Å². The summed E-state index contributed by atoms with van der Waals surface area (Å²) in [6.07, 6.45) is 0.305. The number of amides is 1. The van der Waals surface area contributed by atoms with Crippen LogP contribution < -0.4 is 10.1 Å². The summed E-state index contributed by atoms with van der Waals surface area (Å²) in [4.78, 5) is 33.6. The van der Waals surface area contributed by atoms with Crippen molar-refractivity contribution in [2.75, 3.05) is 25.5 Å². The second-order valence-corrected chi connectivity index (χ2v) is 9.87. The molecule has 0 bridgehead atoms. The molecule has 0 spiro atoms. The molecule has 0 aliphatic heterocycles. The number of nitro benzene ring substituents is 1. The number of ether oxygens (including phenoxy) is 2. The van der Waals surface area contributed by atoms with Gasteiger partial charge in [-0.2, -0.15) is 0 Å². The van der Waals surface area contributed by atoms with Crippen molar-refractivity contribution in [3.63, 3.8) is 0 Å². The minimum Gasteiger partial charge on any atom is -0.484 e. The molecule has 1 N–H and O–H groups in total. The second-order valence-electron chi connectivity index (χ2n) is 7.76. The molecule has 0 aliphatic carbocycles. The first kappa shape index (κ1) is 26.8. The quantitative estimate of drug-likeness (QED) is 0.195. The molecule has 0 saturated heterocycles.